The third kappa shape index (κ3) is 6.98. The van der Waals surface area contributed by atoms with Gasteiger partial charge in [-0.3, -0.25) is 0 Å². The van der Waals surface area contributed by atoms with Gasteiger partial charge in [0.1, 0.15) is 0 Å². The van der Waals surface area contributed by atoms with Crippen LogP contribution in [0.2, 0.25) is 0 Å². The molecule has 220 valence electrons. The average molecular weight is 583 g/mol. The summed E-state index contributed by atoms with van der Waals surface area (Å²) >= 11 is 0. The maximum absolute atomic E-state index is 4.24. The van der Waals surface area contributed by atoms with E-state index in [1.54, 1.807) is 0 Å². The predicted molar refractivity (Wildman–Crippen MR) is 196 cm³/mol. The zero-order valence-corrected chi connectivity index (χ0v) is 26.0. The van der Waals surface area contributed by atoms with E-state index >= 15 is 0 Å². The maximum Gasteiger partial charge on any atom is 0.0533 e. The molecule has 0 saturated heterocycles. The maximum atomic E-state index is 4.24. The standard InChI is InChI=1S/C43H38N2/c1-33-13-11-19-39(27-22-33)44(3)40-28-23-36(24-29-40)37-25-30-41(31-26-37)45(43-21-12-18-38-17-7-8-20-42(38)43)32-10-9-14-34(2)35-15-5-4-6-16-35/h4-18,20-32H,2,19H2,1,3H3/b14-9-,32-10+. The molecule has 0 spiro atoms. The Hall–Kier alpha value is -5.60. The molecule has 5 aromatic rings. The molecule has 0 atom stereocenters. The van der Waals surface area contributed by atoms with Crippen LogP contribution in [0.3, 0.4) is 0 Å². The Morgan fingerprint density at radius 1 is 0.689 bits per heavy atom. The fourth-order valence-electron chi connectivity index (χ4n) is 5.60. The molecule has 0 heterocycles. The second kappa shape index (κ2) is 13.8. The Morgan fingerprint density at radius 3 is 2.11 bits per heavy atom. The van der Waals surface area contributed by atoms with Gasteiger partial charge in [0.2, 0.25) is 0 Å². The summed E-state index contributed by atoms with van der Waals surface area (Å²) in [5.41, 5.74) is 10.4. The normalized spacial score (nSPS) is 13.1. The third-order valence-electron chi connectivity index (χ3n) is 8.22. The fourth-order valence-corrected chi connectivity index (χ4v) is 5.60. The van der Waals surface area contributed by atoms with E-state index in [4.69, 9.17) is 0 Å². The van der Waals surface area contributed by atoms with Gasteiger partial charge in [-0.05, 0) is 77.1 Å². The highest BCUT2D eigenvalue weighted by Crippen LogP contribution is 2.34. The average Bonchev–Trinajstić information content (AvgIpc) is 3.32. The summed E-state index contributed by atoms with van der Waals surface area (Å²) in [5.74, 6) is 0. The molecule has 2 nitrogen and oxygen atoms in total. The van der Waals surface area contributed by atoms with Crippen LogP contribution in [0.15, 0.2) is 188 Å². The van der Waals surface area contributed by atoms with Crippen LogP contribution in [0.5, 0.6) is 0 Å². The van der Waals surface area contributed by atoms with E-state index in [1.807, 2.05) is 18.2 Å². The van der Waals surface area contributed by atoms with Crippen LogP contribution in [-0.2, 0) is 0 Å². The lowest BCUT2D eigenvalue weighted by Crippen LogP contribution is -2.15. The predicted octanol–water partition coefficient (Wildman–Crippen LogP) is 11.7. The topological polar surface area (TPSA) is 6.48 Å². The fraction of sp³-hybridized carbons (Fsp3) is 0.0698. The van der Waals surface area contributed by atoms with Crippen molar-refractivity contribution >= 4 is 33.4 Å². The molecule has 2 heteroatoms. The van der Waals surface area contributed by atoms with E-state index in [0.29, 0.717) is 0 Å². The van der Waals surface area contributed by atoms with Crippen molar-refractivity contribution in [3.8, 4) is 11.1 Å². The first-order chi connectivity index (χ1) is 22.1. The third-order valence-corrected chi connectivity index (χ3v) is 8.22. The number of fused-ring (bicyclic) bond motifs is 1. The molecule has 45 heavy (non-hydrogen) atoms. The molecule has 1 aliphatic rings. The molecular weight excluding hydrogens is 544 g/mol. The van der Waals surface area contributed by atoms with Gasteiger partial charge >= 0.3 is 0 Å². The molecule has 0 N–H and O–H groups in total. The molecule has 0 bridgehead atoms. The number of anilines is 3. The number of allylic oxidation sites excluding steroid dienone is 9. The first-order valence-electron chi connectivity index (χ1n) is 15.4. The highest BCUT2D eigenvalue weighted by molar-refractivity contribution is 5.96. The minimum atomic E-state index is 0.923. The molecule has 6 rings (SSSR count). The van der Waals surface area contributed by atoms with Crippen LogP contribution in [-0.4, -0.2) is 7.05 Å². The van der Waals surface area contributed by atoms with Crippen molar-refractivity contribution in [2.75, 3.05) is 16.8 Å². The summed E-state index contributed by atoms with van der Waals surface area (Å²) in [6.45, 7) is 6.37. The zero-order valence-electron chi connectivity index (χ0n) is 26.0. The van der Waals surface area contributed by atoms with E-state index < -0.39 is 0 Å². The second-order valence-electron chi connectivity index (χ2n) is 11.3. The number of hydrogen-bond donors (Lipinski definition) is 0. The number of rotatable bonds is 9. The summed E-state index contributed by atoms with van der Waals surface area (Å²) < 4.78 is 0. The highest BCUT2D eigenvalue weighted by atomic mass is 15.1. The van der Waals surface area contributed by atoms with E-state index in [0.717, 1.165) is 28.9 Å². The van der Waals surface area contributed by atoms with Crippen LogP contribution >= 0.6 is 0 Å². The Kier molecular flexibility index (Phi) is 9.03. The second-order valence-corrected chi connectivity index (χ2v) is 11.3. The molecule has 0 fully saturated rings. The van der Waals surface area contributed by atoms with Gasteiger partial charge in [-0.25, -0.2) is 0 Å². The zero-order chi connectivity index (χ0) is 31.0. The van der Waals surface area contributed by atoms with Gasteiger partial charge in [0.05, 0.1) is 5.69 Å². The Labute approximate surface area is 267 Å². The van der Waals surface area contributed by atoms with Crippen LogP contribution in [0.1, 0.15) is 18.9 Å². The van der Waals surface area contributed by atoms with E-state index in [9.17, 15) is 0 Å². The minimum Gasteiger partial charge on any atom is -0.348 e. The van der Waals surface area contributed by atoms with Crippen molar-refractivity contribution in [3.05, 3.63) is 193 Å². The van der Waals surface area contributed by atoms with Gasteiger partial charge in [0.15, 0.2) is 0 Å². The lowest BCUT2D eigenvalue weighted by Gasteiger charge is -2.23. The lowest BCUT2D eigenvalue weighted by molar-refractivity contribution is 1.03. The molecule has 0 aromatic heterocycles. The van der Waals surface area contributed by atoms with Crippen molar-refractivity contribution in [1.82, 2.24) is 0 Å². The molecule has 0 amide bonds. The van der Waals surface area contributed by atoms with Crippen LogP contribution in [0, 0.1) is 0 Å². The van der Waals surface area contributed by atoms with E-state index in [-0.39, 0.29) is 0 Å². The van der Waals surface area contributed by atoms with Crippen molar-refractivity contribution in [2.24, 2.45) is 0 Å². The van der Waals surface area contributed by atoms with Gasteiger partial charge < -0.3 is 9.80 Å². The quantitative estimate of drug-likeness (QED) is 0.160. The molecular formula is C43H38N2. The molecule has 1 aliphatic carbocycles. The first kappa shape index (κ1) is 29.5. The monoisotopic (exact) mass is 582 g/mol. The van der Waals surface area contributed by atoms with E-state index in [1.165, 1.54) is 38.9 Å². The summed E-state index contributed by atoms with van der Waals surface area (Å²) in [4.78, 5) is 4.52. The van der Waals surface area contributed by atoms with Crippen molar-refractivity contribution in [2.45, 2.75) is 13.3 Å². The number of nitrogens with zero attached hydrogens (tertiary/aromatic N) is 2. The van der Waals surface area contributed by atoms with Gasteiger partial charge in [0, 0.05) is 42.1 Å². The van der Waals surface area contributed by atoms with Crippen LogP contribution in [0.25, 0.3) is 27.5 Å². The van der Waals surface area contributed by atoms with E-state index in [2.05, 4.69) is 182 Å². The Bertz CT molecular complexity index is 1930. The minimum absolute atomic E-state index is 0.923. The summed E-state index contributed by atoms with van der Waals surface area (Å²) in [7, 11) is 2.14. The van der Waals surface area contributed by atoms with Gasteiger partial charge in [-0.1, -0.05) is 134 Å². The molecule has 0 radical (unpaired) electrons. The lowest BCUT2D eigenvalue weighted by atomic mass is 10.0. The van der Waals surface area contributed by atoms with Crippen molar-refractivity contribution in [3.63, 3.8) is 0 Å². The number of benzene rings is 5. The van der Waals surface area contributed by atoms with Crippen molar-refractivity contribution in [1.29, 1.82) is 0 Å². The number of hydrogen-bond acceptors (Lipinski definition) is 2. The summed E-state index contributed by atoms with van der Waals surface area (Å²) in [6.07, 6.45) is 18.0. The van der Waals surface area contributed by atoms with Crippen molar-refractivity contribution < 1.29 is 0 Å². The molecule has 0 unspecified atom stereocenters. The smallest absolute Gasteiger partial charge is 0.0533 e. The SMILES string of the molecule is C=C(/C=C\C=C\N(c1ccc(-c2ccc(N(C)C3=CC=C(C)C=CC3)cc2)cc1)c1cccc2ccccc12)c1ccccc1. The van der Waals surface area contributed by atoms with Gasteiger partial charge in [0.25, 0.3) is 0 Å². The molecule has 0 saturated carbocycles. The first-order valence-corrected chi connectivity index (χ1v) is 15.4. The van der Waals surface area contributed by atoms with Crippen LogP contribution in [0.4, 0.5) is 17.1 Å². The van der Waals surface area contributed by atoms with Gasteiger partial charge in [-0.2, -0.15) is 0 Å². The molecule has 0 aliphatic heterocycles. The van der Waals surface area contributed by atoms with Gasteiger partial charge in [-0.15, -0.1) is 0 Å². The Balaban J connectivity index is 1.26. The van der Waals surface area contributed by atoms with Crippen LogP contribution < -0.4 is 9.80 Å². The summed E-state index contributed by atoms with van der Waals surface area (Å²) in [5, 5.41) is 2.42. The highest BCUT2D eigenvalue weighted by Gasteiger charge is 2.12. The molecule has 5 aromatic carbocycles. The summed E-state index contributed by atoms with van der Waals surface area (Å²) in [6, 6.07) is 42.9. The Morgan fingerprint density at radius 2 is 1.36 bits per heavy atom. The largest absolute Gasteiger partial charge is 0.348 e.